The first kappa shape index (κ1) is 17.4. The highest BCUT2D eigenvalue weighted by molar-refractivity contribution is 9.10. The molecule has 126 valence electrons. The number of rotatable bonds is 4. The third-order valence-electron chi connectivity index (χ3n) is 4.13. The summed E-state index contributed by atoms with van der Waals surface area (Å²) in [7, 11) is 0. The molecule has 0 radical (unpaired) electrons. The summed E-state index contributed by atoms with van der Waals surface area (Å²) < 4.78 is 6.79. The Morgan fingerprint density at radius 1 is 1.08 bits per heavy atom. The van der Waals surface area contributed by atoms with Crippen molar-refractivity contribution in [1.29, 1.82) is 0 Å². The fourth-order valence-electron chi connectivity index (χ4n) is 2.37. The summed E-state index contributed by atoms with van der Waals surface area (Å²) in [5, 5.41) is 0. The van der Waals surface area contributed by atoms with E-state index in [1.165, 1.54) is 11.1 Å². The number of ether oxygens (including phenoxy) is 1. The molecule has 0 saturated carbocycles. The van der Waals surface area contributed by atoms with Gasteiger partial charge in [-0.15, -0.1) is 0 Å². The molecule has 1 saturated heterocycles. The van der Waals surface area contributed by atoms with Crippen molar-refractivity contribution >= 4 is 22.0 Å². The molecule has 2 atom stereocenters. The molecule has 0 bridgehead atoms. The van der Waals surface area contributed by atoms with Crippen LogP contribution in [0.15, 0.2) is 59.1 Å². The molecular weight excluding hydrogens is 368 g/mol. The second kappa shape index (κ2) is 7.62. The molecule has 24 heavy (non-hydrogen) atoms. The highest BCUT2D eigenvalue weighted by atomic mass is 79.9. The maximum Gasteiger partial charge on any atom is 0.198 e. The minimum Gasteiger partial charge on any atom is -0.344 e. The number of hydrogen-bond donors (Lipinski definition) is 0. The molecule has 3 rings (SSSR count). The summed E-state index contributed by atoms with van der Waals surface area (Å²) in [4.78, 5) is 10.7. The standard InChI is InChI=1S/C20H21BrO3/c1-3-20(2)22-14-19(23-24-20)13-6-15-4-7-16(8-5-15)17-9-11-18(21)12-10-17/h4-13,19H,3,14H2,1-2H3. The van der Waals surface area contributed by atoms with E-state index in [-0.39, 0.29) is 6.10 Å². The van der Waals surface area contributed by atoms with E-state index in [9.17, 15) is 0 Å². The predicted octanol–water partition coefficient (Wildman–Crippen LogP) is 5.60. The van der Waals surface area contributed by atoms with Gasteiger partial charge in [-0.25, -0.2) is 9.78 Å². The summed E-state index contributed by atoms with van der Waals surface area (Å²) in [6.45, 7) is 4.39. The van der Waals surface area contributed by atoms with Crippen molar-refractivity contribution in [2.45, 2.75) is 32.2 Å². The van der Waals surface area contributed by atoms with E-state index in [2.05, 4.69) is 52.3 Å². The van der Waals surface area contributed by atoms with Crippen LogP contribution in [-0.4, -0.2) is 18.5 Å². The van der Waals surface area contributed by atoms with E-state index in [0.29, 0.717) is 6.61 Å². The third kappa shape index (κ3) is 4.33. The molecule has 1 aliphatic heterocycles. The Kier molecular flexibility index (Phi) is 5.51. The second-order valence-electron chi connectivity index (χ2n) is 6.00. The van der Waals surface area contributed by atoms with Crippen LogP contribution in [0.4, 0.5) is 0 Å². The molecule has 2 aromatic carbocycles. The Hall–Kier alpha value is -1.46. The predicted molar refractivity (Wildman–Crippen MR) is 99.2 cm³/mol. The van der Waals surface area contributed by atoms with Crippen molar-refractivity contribution < 1.29 is 14.5 Å². The van der Waals surface area contributed by atoms with Crippen LogP contribution in [0, 0.1) is 0 Å². The van der Waals surface area contributed by atoms with Gasteiger partial charge in [0.25, 0.3) is 0 Å². The molecule has 2 aromatic rings. The Labute approximate surface area is 151 Å². The molecule has 0 N–H and O–H groups in total. The van der Waals surface area contributed by atoms with E-state index >= 15 is 0 Å². The molecule has 1 fully saturated rings. The Bertz CT molecular complexity index is 684. The molecule has 1 aliphatic rings. The number of hydrogen-bond acceptors (Lipinski definition) is 3. The molecule has 0 aromatic heterocycles. The lowest BCUT2D eigenvalue weighted by molar-refractivity contribution is -0.474. The van der Waals surface area contributed by atoms with Gasteiger partial charge in [-0.05, 0) is 41.8 Å². The number of halogens is 1. The largest absolute Gasteiger partial charge is 0.344 e. The Morgan fingerprint density at radius 2 is 1.71 bits per heavy atom. The van der Waals surface area contributed by atoms with E-state index < -0.39 is 5.79 Å². The number of benzene rings is 2. The first-order valence-electron chi connectivity index (χ1n) is 8.11. The van der Waals surface area contributed by atoms with Gasteiger partial charge in [0.1, 0.15) is 6.10 Å². The lowest BCUT2D eigenvalue weighted by Gasteiger charge is -2.34. The van der Waals surface area contributed by atoms with Gasteiger partial charge < -0.3 is 4.74 Å². The molecule has 1 heterocycles. The SMILES string of the molecule is CCC1(C)OCC(C=Cc2ccc(-c3ccc(Br)cc3)cc2)OO1. The van der Waals surface area contributed by atoms with E-state index in [0.717, 1.165) is 16.5 Å². The molecule has 3 nitrogen and oxygen atoms in total. The maximum absolute atomic E-state index is 5.70. The fourth-order valence-corrected chi connectivity index (χ4v) is 2.63. The summed E-state index contributed by atoms with van der Waals surface area (Å²) in [5.41, 5.74) is 3.51. The topological polar surface area (TPSA) is 27.7 Å². The summed E-state index contributed by atoms with van der Waals surface area (Å²) in [6.07, 6.45) is 4.55. The lowest BCUT2D eigenvalue weighted by Crippen LogP contribution is -2.41. The zero-order valence-electron chi connectivity index (χ0n) is 13.9. The van der Waals surface area contributed by atoms with Gasteiger partial charge in [0.05, 0.1) is 6.61 Å². The van der Waals surface area contributed by atoms with Crippen LogP contribution in [0.5, 0.6) is 0 Å². The highest BCUT2D eigenvalue weighted by Crippen LogP contribution is 2.25. The zero-order valence-corrected chi connectivity index (χ0v) is 15.5. The third-order valence-corrected chi connectivity index (χ3v) is 4.66. The summed E-state index contributed by atoms with van der Waals surface area (Å²) in [6, 6.07) is 16.7. The maximum atomic E-state index is 5.70. The van der Waals surface area contributed by atoms with Gasteiger partial charge in [-0.1, -0.05) is 65.3 Å². The molecule has 4 heteroatoms. The molecule has 2 unspecified atom stereocenters. The minimum atomic E-state index is -0.628. The van der Waals surface area contributed by atoms with E-state index in [1.807, 2.05) is 38.1 Å². The zero-order chi connectivity index (χ0) is 17.0. The fraction of sp³-hybridized carbons (Fsp3) is 0.300. The van der Waals surface area contributed by atoms with Crippen molar-refractivity contribution in [3.63, 3.8) is 0 Å². The van der Waals surface area contributed by atoms with Crippen molar-refractivity contribution in [2.75, 3.05) is 6.61 Å². The van der Waals surface area contributed by atoms with Crippen LogP contribution >= 0.6 is 15.9 Å². The van der Waals surface area contributed by atoms with Crippen LogP contribution in [0.3, 0.4) is 0 Å². The normalized spacial score (nSPS) is 24.4. The highest BCUT2D eigenvalue weighted by Gasteiger charge is 2.32. The molecule has 0 spiro atoms. The van der Waals surface area contributed by atoms with Crippen LogP contribution in [0.1, 0.15) is 25.8 Å². The van der Waals surface area contributed by atoms with Gasteiger partial charge in [0.15, 0.2) is 5.79 Å². The van der Waals surface area contributed by atoms with E-state index in [1.54, 1.807) is 0 Å². The second-order valence-corrected chi connectivity index (χ2v) is 6.92. The average molecular weight is 389 g/mol. The van der Waals surface area contributed by atoms with Gasteiger partial charge in [0.2, 0.25) is 0 Å². The van der Waals surface area contributed by atoms with Crippen LogP contribution in [0.2, 0.25) is 0 Å². The van der Waals surface area contributed by atoms with Gasteiger partial charge in [-0.3, -0.25) is 0 Å². The first-order chi connectivity index (χ1) is 11.6. The van der Waals surface area contributed by atoms with Crippen LogP contribution in [0.25, 0.3) is 17.2 Å². The summed E-state index contributed by atoms with van der Waals surface area (Å²) in [5.74, 6) is -0.628. The molecule has 0 aliphatic carbocycles. The quantitative estimate of drug-likeness (QED) is 0.637. The van der Waals surface area contributed by atoms with Gasteiger partial charge >= 0.3 is 0 Å². The molecular formula is C20H21BrO3. The first-order valence-corrected chi connectivity index (χ1v) is 8.90. The Morgan fingerprint density at radius 3 is 2.25 bits per heavy atom. The summed E-state index contributed by atoms with van der Waals surface area (Å²) >= 11 is 3.46. The van der Waals surface area contributed by atoms with Crippen molar-refractivity contribution in [1.82, 2.24) is 0 Å². The van der Waals surface area contributed by atoms with E-state index in [4.69, 9.17) is 14.5 Å². The van der Waals surface area contributed by atoms with Gasteiger partial charge in [-0.2, -0.15) is 0 Å². The van der Waals surface area contributed by atoms with Crippen LogP contribution in [-0.2, 0) is 14.5 Å². The van der Waals surface area contributed by atoms with Crippen LogP contribution < -0.4 is 0 Å². The monoisotopic (exact) mass is 388 g/mol. The van der Waals surface area contributed by atoms with Crippen molar-refractivity contribution in [3.05, 3.63) is 64.6 Å². The lowest BCUT2D eigenvalue weighted by atomic mass is 10.0. The average Bonchev–Trinajstić information content (AvgIpc) is 2.62. The minimum absolute atomic E-state index is 0.184. The molecule has 0 amide bonds. The smallest absolute Gasteiger partial charge is 0.198 e. The Balaban J connectivity index is 1.61. The van der Waals surface area contributed by atoms with Gasteiger partial charge in [0, 0.05) is 10.9 Å². The van der Waals surface area contributed by atoms with Crippen molar-refractivity contribution in [2.24, 2.45) is 0 Å². The van der Waals surface area contributed by atoms with Crippen molar-refractivity contribution in [3.8, 4) is 11.1 Å².